The van der Waals surface area contributed by atoms with Crippen LogP contribution in [-0.2, 0) is 14.4 Å². The first kappa shape index (κ1) is 18.2. The van der Waals surface area contributed by atoms with E-state index in [4.69, 9.17) is 14.7 Å². The van der Waals surface area contributed by atoms with E-state index in [9.17, 15) is 9.59 Å². The molecule has 0 aromatic carbocycles. The highest BCUT2D eigenvalue weighted by molar-refractivity contribution is 5.81. The summed E-state index contributed by atoms with van der Waals surface area (Å²) in [5, 5.41) is 9.83. The Balaban J connectivity index is 4.99. The van der Waals surface area contributed by atoms with Gasteiger partial charge in [0.05, 0.1) is 19.4 Å². The fourth-order valence-electron chi connectivity index (χ4n) is 1.27. The Morgan fingerprint density at radius 3 is 2.30 bits per heavy atom. The molecule has 0 aliphatic heterocycles. The summed E-state index contributed by atoms with van der Waals surface area (Å²) in [6.07, 6.45) is 1.57. The van der Waals surface area contributed by atoms with E-state index in [1.165, 1.54) is 25.1 Å². The van der Waals surface area contributed by atoms with Gasteiger partial charge in [-0.2, -0.15) is 0 Å². The summed E-state index contributed by atoms with van der Waals surface area (Å²) in [4.78, 5) is 29.9. The van der Waals surface area contributed by atoms with Crippen LogP contribution < -0.4 is 0 Å². The van der Waals surface area contributed by atoms with Gasteiger partial charge in [-0.25, -0.2) is 9.86 Å². The number of rotatable bonds is 5. The summed E-state index contributed by atoms with van der Waals surface area (Å²) < 4.78 is 5.24. The molecule has 0 aromatic heterocycles. The first-order valence-electron chi connectivity index (χ1n) is 6.23. The molecule has 0 aromatic rings. The minimum absolute atomic E-state index is 0.218. The van der Waals surface area contributed by atoms with Crippen LogP contribution in [0.3, 0.4) is 0 Å². The Hall–Kier alpha value is -1.76. The number of aliphatic hydroxyl groups is 1. The van der Waals surface area contributed by atoms with Crippen molar-refractivity contribution in [1.29, 1.82) is 0 Å². The first-order chi connectivity index (χ1) is 9.12. The average Bonchev–Trinajstić information content (AvgIpc) is 2.32. The largest absolute Gasteiger partial charge is 0.516 e. The number of hydroxylamine groups is 2. The monoisotopic (exact) mass is 288 g/mol. The third kappa shape index (κ3) is 6.42. The van der Waals surface area contributed by atoms with Gasteiger partial charge in [-0.05, 0) is 33.8 Å². The van der Waals surface area contributed by atoms with Crippen LogP contribution >= 0.6 is 0 Å². The molecule has 0 aliphatic rings. The second kappa shape index (κ2) is 7.74. The average molecular weight is 288 g/mol. The van der Waals surface area contributed by atoms with Gasteiger partial charge in [0.15, 0.2) is 0 Å². The number of likely N-dealkylation sites (N-methyl/N-ethyl adjacent to an activating group) is 1. The maximum atomic E-state index is 12.1. The summed E-state index contributed by atoms with van der Waals surface area (Å²) in [7, 11) is 2.80. The van der Waals surface area contributed by atoms with Crippen molar-refractivity contribution in [3.05, 3.63) is 12.3 Å². The highest BCUT2D eigenvalue weighted by Gasteiger charge is 2.27. The maximum absolute atomic E-state index is 12.1. The molecular weight excluding hydrogens is 264 g/mol. The van der Waals surface area contributed by atoms with Crippen molar-refractivity contribution < 1.29 is 24.3 Å². The molecule has 0 bridgehead atoms. The lowest BCUT2D eigenvalue weighted by atomic mass is 10.2. The van der Waals surface area contributed by atoms with E-state index in [-0.39, 0.29) is 6.54 Å². The van der Waals surface area contributed by atoms with Crippen LogP contribution in [0, 0.1) is 0 Å². The minimum Gasteiger partial charge on any atom is -0.516 e. The fourth-order valence-corrected chi connectivity index (χ4v) is 1.27. The summed E-state index contributed by atoms with van der Waals surface area (Å²) in [5.74, 6) is -0.406. The lowest BCUT2D eigenvalue weighted by Crippen LogP contribution is -2.47. The van der Waals surface area contributed by atoms with E-state index in [1.807, 2.05) is 0 Å². The Bertz CT molecular complexity index is 362. The third-order valence-electron chi connectivity index (χ3n) is 2.41. The summed E-state index contributed by atoms with van der Waals surface area (Å²) in [6, 6.07) is -0.496. The zero-order valence-electron chi connectivity index (χ0n) is 12.9. The molecule has 7 heteroatoms. The van der Waals surface area contributed by atoms with Crippen molar-refractivity contribution in [3.63, 3.8) is 0 Å². The zero-order valence-corrected chi connectivity index (χ0v) is 12.9. The van der Waals surface area contributed by atoms with Crippen LogP contribution in [-0.4, -0.2) is 59.4 Å². The molecule has 1 unspecified atom stereocenters. The predicted octanol–water partition coefficient (Wildman–Crippen LogP) is 1.70. The van der Waals surface area contributed by atoms with Gasteiger partial charge in [-0.1, -0.05) is 0 Å². The number of ether oxygens (including phenoxy) is 1. The van der Waals surface area contributed by atoms with E-state index in [1.54, 1.807) is 27.7 Å². The molecule has 0 radical (unpaired) electrons. The Morgan fingerprint density at radius 1 is 1.35 bits per heavy atom. The minimum atomic E-state index is -0.672. The van der Waals surface area contributed by atoms with Gasteiger partial charge < -0.3 is 9.84 Å². The summed E-state index contributed by atoms with van der Waals surface area (Å²) >= 11 is 0. The molecule has 20 heavy (non-hydrogen) atoms. The second-order valence-corrected chi connectivity index (χ2v) is 5.26. The van der Waals surface area contributed by atoms with Gasteiger partial charge in [-0.3, -0.25) is 14.5 Å². The highest BCUT2D eigenvalue weighted by Crippen LogP contribution is 2.13. The number of hydrogen-bond acceptors (Lipinski definition) is 5. The van der Waals surface area contributed by atoms with Gasteiger partial charge in [0.2, 0.25) is 0 Å². The number of amides is 2. The lowest BCUT2D eigenvalue weighted by molar-refractivity contribution is -0.169. The maximum Gasteiger partial charge on any atom is 0.411 e. The van der Waals surface area contributed by atoms with Gasteiger partial charge >= 0.3 is 6.09 Å². The highest BCUT2D eigenvalue weighted by atomic mass is 16.7. The molecule has 2 amide bonds. The van der Waals surface area contributed by atoms with Gasteiger partial charge in [0, 0.05) is 7.05 Å². The molecule has 0 fully saturated rings. The SMILES string of the molecule is CON(C)C(=O)CN(C(=O)OC(C)(C)C)C(C)C=CO. The number of aliphatic hydroxyl groups excluding tert-OH is 1. The van der Waals surface area contributed by atoms with E-state index >= 15 is 0 Å². The molecule has 0 aliphatic carbocycles. The molecule has 7 nitrogen and oxygen atoms in total. The van der Waals surface area contributed by atoms with Crippen molar-refractivity contribution in [2.24, 2.45) is 0 Å². The molecule has 0 spiro atoms. The topological polar surface area (TPSA) is 79.3 Å². The molecule has 0 rings (SSSR count). The summed E-state index contributed by atoms with van der Waals surface area (Å²) in [6.45, 7) is 6.65. The lowest BCUT2D eigenvalue weighted by Gasteiger charge is -2.30. The summed E-state index contributed by atoms with van der Waals surface area (Å²) in [5.41, 5.74) is -0.672. The van der Waals surface area contributed by atoms with E-state index in [2.05, 4.69) is 0 Å². The van der Waals surface area contributed by atoms with Gasteiger partial charge in [0.1, 0.15) is 12.1 Å². The van der Waals surface area contributed by atoms with E-state index < -0.39 is 23.6 Å². The molecular formula is C13H24N2O5. The standard InChI is InChI=1S/C13H24N2O5/c1-10(7-8-16)15(9-11(17)14(5)19-6)12(18)20-13(2,3)4/h7-8,10,16H,9H2,1-6H3. The van der Waals surface area contributed by atoms with Crippen LogP contribution in [0.5, 0.6) is 0 Å². The molecule has 1 atom stereocenters. The quantitative estimate of drug-likeness (QED) is 0.615. The van der Waals surface area contributed by atoms with Crippen LogP contribution in [0.15, 0.2) is 12.3 Å². The van der Waals surface area contributed by atoms with Crippen molar-refractivity contribution in [1.82, 2.24) is 9.96 Å². The van der Waals surface area contributed by atoms with Crippen molar-refractivity contribution >= 4 is 12.0 Å². The molecule has 116 valence electrons. The molecule has 0 heterocycles. The number of carbonyl (C=O) groups excluding carboxylic acids is 2. The predicted molar refractivity (Wildman–Crippen MR) is 73.9 cm³/mol. The zero-order chi connectivity index (χ0) is 15.9. The Kier molecular flexibility index (Phi) is 7.06. The molecule has 1 N–H and O–H groups in total. The van der Waals surface area contributed by atoms with E-state index in [0.29, 0.717) is 0 Å². The van der Waals surface area contributed by atoms with Crippen LogP contribution in [0.1, 0.15) is 27.7 Å². The number of hydrogen-bond donors (Lipinski definition) is 1. The van der Waals surface area contributed by atoms with Gasteiger partial charge in [0.25, 0.3) is 5.91 Å². The molecule has 0 saturated heterocycles. The fraction of sp³-hybridized carbons (Fsp3) is 0.692. The van der Waals surface area contributed by atoms with Gasteiger partial charge in [-0.15, -0.1) is 0 Å². The first-order valence-corrected chi connectivity index (χ1v) is 6.23. The van der Waals surface area contributed by atoms with E-state index in [0.717, 1.165) is 11.3 Å². The van der Waals surface area contributed by atoms with Crippen LogP contribution in [0.4, 0.5) is 4.79 Å². The van der Waals surface area contributed by atoms with Crippen LogP contribution in [0.25, 0.3) is 0 Å². The Morgan fingerprint density at radius 2 is 1.90 bits per heavy atom. The third-order valence-corrected chi connectivity index (χ3v) is 2.41. The van der Waals surface area contributed by atoms with Crippen molar-refractivity contribution in [3.8, 4) is 0 Å². The van der Waals surface area contributed by atoms with Crippen molar-refractivity contribution in [2.45, 2.75) is 39.3 Å². The molecule has 0 saturated carbocycles. The normalized spacial score (nSPS) is 13.1. The van der Waals surface area contributed by atoms with Crippen molar-refractivity contribution in [2.75, 3.05) is 20.7 Å². The number of nitrogens with zero attached hydrogens (tertiary/aromatic N) is 2. The Labute approximate surface area is 119 Å². The van der Waals surface area contributed by atoms with Crippen LogP contribution in [0.2, 0.25) is 0 Å². The number of carbonyl (C=O) groups is 2. The smallest absolute Gasteiger partial charge is 0.411 e. The second-order valence-electron chi connectivity index (χ2n) is 5.26.